The summed E-state index contributed by atoms with van der Waals surface area (Å²) in [5, 5.41) is 7.18. The second-order valence-electron chi connectivity index (χ2n) is 3.28. The van der Waals surface area contributed by atoms with Crippen molar-refractivity contribution in [2.24, 2.45) is 0 Å². The molecular weight excluding hydrogens is 236 g/mol. The highest BCUT2D eigenvalue weighted by molar-refractivity contribution is 7.98. The molecule has 0 saturated carbocycles. The van der Waals surface area contributed by atoms with Gasteiger partial charge in [0.15, 0.2) is 5.16 Å². The minimum Gasteiger partial charge on any atom is -0.380 e. The van der Waals surface area contributed by atoms with Crippen LogP contribution in [0.4, 0.5) is 11.6 Å². The molecule has 2 N–H and O–H groups in total. The second kappa shape index (κ2) is 8.14. The summed E-state index contributed by atoms with van der Waals surface area (Å²) in [6, 6.07) is 1.91. The third-order valence-corrected chi connectivity index (χ3v) is 2.55. The lowest BCUT2D eigenvalue weighted by molar-refractivity contribution is 0.158. The van der Waals surface area contributed by atoms with Gasteiger partial charge in [0.2, 0.25) is 0 Å². The highest BCUT2D eigenvalue weighted by atomic mass is 32.2. The van der Waals surface area contributed by atoms with Crippen molar-refractivity contribution >= 4 is 23.4 Å². The zero-order valence-corrected chi connectivity index (χ0v) is 11.4. The van der Waals surface area contributed by atoms with E-state index in [1.165, 1.54) is 11.8 Å². The van der Waals surface area contributed by atoms with Crippen LogP contribution in [0.15, 0.2) is 11.2 Å². The standard InChI is InChI=1S/C11H20N4OS/c1-4-12-9-8-10(13-6-7-16-5-2)15-11(14-9)17-3/h8H,4-7H2,1-3H3,(H2,12,13,14,15). The van der Waals surface area contributed by atoms with E-state index in [2.05, 4.69) is 20.6 Å². The van der Waals surface area contributed by atoms with Crippen molar-refractivity contribution in [3.8, 4) is 0 Å². The molecule has 0 saturated heterocycles. The fourth-order valence-electron chi connectivity index (χ4n) is 1.27. The van der Waals surface area contributed by atoms with Crippen LogP contribution in [0.3, 0.4) is 0 Å². The van der Waals surface area contributed by atoms with Gasteiger partial charge in [-0.2, -0.15) is 0 Å². The van der Waals surface area contributed by atoms with Gasteiger partial charge in [-0.1, -0.05) is 11.8 Å². The fraction of sp³-hybridized carbons (Fsp3) is 0.636. The van der Waals surface area contributed by atoms with E-state index < -0.39 is 0 Å². The van der Waals surface area contributed by atoms with Gasteiger partial charge in [-0.3, -0.25) is 0 Å². The van der Waals surface area contributed by atoms with E-state index in [0.29, 0.717) is 6.61 Å². The maximum absolute atomic E-state index is 5.26. The number of hydrogen-bond acceptors (Lipinski definition) is 6. The molecule has 6 heteroatoms. The van der Waals surface area contributed by atoms with Crippen molar-refractivity contribution in [1.82, 2.24) is 9.97 Å². The Morgan fingerprint density at radius 1 is 1.24 bits per heavy atom. The molecule has 0 aromatic carbocycles. The first-order chi connectivity index (χ1) is 8.30. The average molecular weight is 256 g/mol. The van der Waals surface area contributed by atoms with Crippen LogP contribution in [0.1, 0.15) is 13.8 Å². The van der Waals surface area contributed by atoms with Crippen LogP contribution in [-0.2, 0) is 4.74 Å². The summed E-state index contributed by atoms with van der Waals surface area (Å²) in [5.41, 5.74) is 0. The normalized spacial score (nSPS) is 10.3. The SMILES string of the molecule is CCNc1cc(NCCOCC)nc(SC)n1. The Morgan fingerprint density at radius 2 is 1.94 bits per heavy atom. The molecule has 17 heavy (non-hydrogen) atoms. The molecule has 0 aliphatic heterocycles. The van der Waals surface area contributed by atoms with Crippen molar-refractivity contribution in [2.75, 3.05) is 43.2 Å². The molecule has 5 nitrogen and oxygen atoms in total. The summed E-state index contributed by atoms with van der Waals surface area (Å²) in [6.45, 7) is 7.06. The molecule has 0 radical (unpaired) electrons. The third-order valence-electron chi connectivity index (χ3n) is 2.00. The monoisotopic (exact) mass is 256 g/mol. The molecule has 0 bridgehead atoms. The predicted octanol–water partition coefficient (Wildman–Crippen LogP) is 2.08. The number of nitrogens with one attached hydrogen (secondary N) is 2. The Bertz CT molecular complexity index is 335. The molecule has 0 fully saturated rings. The molecule has 0 atom stereocenters. The molecule has 0 spiro atoms. The molecule has 0 unspecified atom stereocenters. The summed E-state index contributed by atoms with van der Waals surface area (Å²) in [7, 11) is 0. The number of anilines is 2. The molecule has 0 amide bonds. The van der Waals surface area contributed by atoms with Crippen LogP contribution < -0.4 is 10.6 Å². The number of ether oxygens (including phenoxy) is 1. The molecule has 0 aliphatic rings. The summed E-state index contributed by atoms with van der Waals surface area (Å²) in [6.07, 6.45) is 1.97. The van der Waals surface area contributed by atoms with Gasteiger partial charge in [-0.25, -0.2) is 9.97 Å². The van der Waals surface area contributed by atoms with E-state index in [1.54, 1.807) is 0 Å². The van der Waals surface area contributed by atoms with Gasteiger partial charge in [0.1, 0.15) is 11.6 Å². The zero-order chi connectivity index (χ0) is 12.5. The van der Waals surface area contributed by atoms with E-state index in [1.807, 2.05) is 26.2 Å². The first kappa shape index (κ1) is 14.1. The molecule has 0 aliphatic carbocycles. The van der Waals surface area contributed by atoms with E-state index in [-0.39, 0.29) is 0 Å². The Hall–Kier alpha value is -1.01. The maximum Gasteiger partial charge on any atom is 0.191 e. The van der Waals surface area contributed by atoms with E-state index >= 15 is 0 Å². The zero-order valence-electron chi connectivity index (χ0n) is 10.6. The smallest absolute Gasteiger partial charge is 0.191 e. The van der Waals surface area contributed by atoms with Crippen LogP contribution in [0.2, 0.25) is 0 Å². The van der Waals surface area contributed by atoms with E-state index in [0.717, 1.165) is 36.5 Å². The summed E-state index contributed by atoms with van der Waals surface area (Å²) >= 11 is 1.53. The van der Waals surface area contributed by atoms with Gasteiger partial charge in [0.25, 0.3) is 0 Å². The highest BCUT2D eigenvalue weighted by Gasteiger charge is 2.02. The van der Waals surface area contributed by atoms with E-state index in [9.17, 15) is 0 Å². The van der Waals surface area contributed by atoms with Gasteiger partial charge in [0.05, 0.1) is 6.61 Å². The molecule has 96 valence electrons. The number of thioether (sulfide) groups is 1. The fourth-order valence-corrected chi connectivity index (χ4v) is 1.65. The van der Waals surface area contributed by atoms with Crippen molar-refractivity contribution in [3.05, 3.63) is 6.07 Å². The molecular formula is C11H20N4OS. The van der Waals surface area contributed by atoms with Gasteiger partial charge in [-0.15, -0.1) is 0 Å². The van der Waals surface area contributed by atoms with Crippen LogP contribution in [-0.4, -0.2) is 42.5 Å². The van der Waals surface area contributed by atoms with E-state index in [4.69, 9.17) is 4.74 Å². The molecule has 1 heterocycles. The first-order valence-electron chi connectivity index (χ1n) is 5.78. The van der Waals surface area contributed by atoms with Crippen molar-refractivity contribution in [1.29, 1.82) is 0 Å². The number of nitrogens with zero attached hydrogens (tertiary/aromatic N) is 2. The molecule has 1 aromatic heterocycles. The first-order valence-corrected chi connectivity index (χ1v) is 7.01. The Balaban J connectivity index is 2.59. The quantitative estimate of drug-likeness (QED) is 0.422. The summed E-state index contributed by atoms with van der Waals surface area (Å²) in [4.78, 5) is 8.73. The van der Waals surface area contributed by atoms with Gasteiger partial charge < -0.3 is 15.4 Å². The Morgan fingerprint density at radius 3 is 2.53 bits per heavy atom. The average Bonchev–Trinajstić information content (AvgIpc) is 2.35. The van der Waals surface area contributed by atoms with Crippen LogP contribution in [0.5, 0.6) is 0 Å². The van der Waals surface area contributed by atoms with Gasteiger partial charge in [-0.05, 0) is 20.1 Å². The van der Waals surface area contributed by atoms with Gasteiger partial charge in [0, 0.05) is 25.8 Å². The highest BCUT2D eigenvalue weighted by Crippen LogP contribution is 2.16. The topological polar surface area (TPSA) is 59.1 Å². The third kappa shape index (κ3) is 5.23. The van der Waals surface area contributed by atoms with Crippen molar-refractivity contribution in [3.63, 3.8) is 0 Å². The minimum atomic E-state index is 0.686. The summed E-state index contributed by atoms with van der Waals surface area (Å²) < 4.78 is 5.26. The molecule has 1 aromatic rings. The lowest BCUT2D eigenvalue weighted by atomic mass is 10.5. The maximum atomic E-state index is 5.26. The molecule has 1 rings (SSSR count). The Labute approximate surface area is 107 Å². The number of aromatic nitrogens is 2. The second-order valence-corrected chi connectivity index (χ2v) is 4.05. The van der Waals surface area contributed by atoms with Crippen LogP contribution in [0, 0.1) is 0 Å². The lowest BCUT2D eigenvalue weighted by Gasteiger charge is -2.09. The van der Waals surface area contributed by atoms with Gasteiger partial charge >= 0.3 is 0 Å². The summed E-state index contributed by atoms with van der Waals surface area (Å²) in [5.74, 6) is 1.69. The largest absolute Gasteiger partial charge is 0.380 e. The van der Waals surface area contributed by atoms with Crippen LogP contribution >= 0.6 is 11.8 Å². The predicted molar refractivity (Wildman–Crippen MR) is 73.0 cm³/mol. The number of hydrogen-bond donors (Lipinski definition) is 2. The van der Waals surface area contributed by atoms with Crippen molar-refractivity contribution in [2.45, 2.75) is 19.0 Å². The minimum absolute atomic E-state index is 0.686. The number of rotatable bonds is 8. The Kier molecular flexibility index (Phi) is 6.73. The van der Waals surface area contributed by atoms with Crippen LogP contribution in [0.25, 0.3) is 0 Å². The van der Waals surface area contributed by atoms with Crippen molar-refractivity contribution < 1.29 is 4.74 Å². The lowest BCUT2D eigenvalue weighted by Crippen LogP contribution is -2.11.